The minimum Gasteiger partial charge on any atom is -0.457 e. The smallest absolute Gasteiger partial charge is 0.132 e. The van der Waals surface area contributed by atoms with Gasteiger partial charge in [0.25, 0.3) is 0 Å². The van der Waals surface area contributed by atoms with Gasteiger partial charge in [0, 0.05) is 16.0 Å². The molecule has 0 aromatic heterocycles. The predicted octanol–water partition coefficient (Wildman–Crippen LogP) is 6.86. The molecule has 2 atom stereocenters. The fraction of sp³-hybridized carbons (Fsp3) is 0.154. The number of allylic oxidation sites excluding steroid dienone is 4. The molecular formula is C26H19BrO. The number of halogens is 1. The summed E-state index contributed by atoms with van der Waals surface area (Å²) in [5.74, 6) is 2.35. The van der Waals surface area contributed by atoms with Crippen LogP contribution in [0.1, 0.15) is 29.2 Å². The molecule has 0 radical (unpaired) electrons. The molecule has 0 N–H and O–H groups in total. The van der Waals surface area contributed by atoms with Crippen molar-refractivity contribution < 1.29 is 4.74 Å². The summed E-state index contributed by atoms with van der Waals surface area (Å²) < 4.78 is 6.35. The van der Waals surface area contributed by atoms with Crippen molar-refractivity contribution in [1.82, 2.24) is 0 Å². The van der Waals surface area contributed by atoms with E-state index in [1.165, 1.54) is 33.4 Å². The van der Waals surface area contributed by atoms with Crippen LogP contribution in [0.15, 0.2) is 90.5 Å². The quantitative estimate of drug-likeness (QED) is 0.356. The van der Waals surface area contributed by atoms with Crippen molar-refractivity contribution in [3.8, 4) is 11.5 Å². The lowest BCUT2D eigenvalue weighted by Crippen LogP contribution is -2.33. The highest BCUT2D eigenvalue weighted by Crippen LogP contribution is 2.63. The van der Waals surface area contributed by atoms with Gasteiger partial charge >= 0.3 is 0 Å². The van der Waals surface area contributed by atoms with Crippen molar-refractivity contribution in [3.63, 3.8) is 0 Å². The first-order chi connectivity index (χ1) is 13.7. The summed E-state index contributed by atoms with van der Waals surface area (Å²) in [7, 11) is 0. The molecule has 0 fully saturated rings. The number of ether oxygens (including phenoxy) is 1. The molecule has 0 amide bonds. The molecular weight excluding hydrogens is 408 g/mol. The number of benzene rings is 3. The molecule has 1 heterocycles. The van der Waals surface area contributed by atoms with Crippen LogP contribution >= 0.6 is 15.9 Å². The van der Waals surface area contributed by atoms with E-state index < -0.39 is 0 Å². The van der Waals surface area contributed by atoms with Crippen molar-refractivity contribution in [3.05, 3.63) is 113 Å². The molecule has 3 aliphatic rings. The van der Waals surface area contributed by atoms with Crippen LogP contribution in [-0.2, 0) is 5.41 Å². The molecule has 2 heteroatoms. The number of rotatable bonds is 0. The lowest BCUT2D eigenvalue weighted by atomic mass is 9.64. The molecule has 2 unspecified atom stereocenters. The highest BCUT2D eigenvalue weighted by atomic mass is 79.9. The normalized spacial score (nSPS) is 22.9. The summed E-state index contributed by atoms with van der Waals surface area (Å²) in [5.41, 5.74) is 7.61. The summed E-state index contributed by atoms with van der Waals surface area (Å²) in [6, 6.07) is 25.9. The molecule has 3 aromatic rings. The zero-order valence-electron chi connectivity index (χ0n) is 15.5. The van der Waals surface area contributed by atoms with Crippen LogP contribution in [0, 0.1) is 5.92 Å². The summed E-state index contributed by atoms with van der Waals surface area (Å²) >= 11 is 4.02. The van der Waals surface area contributed by atoms with Gasteiger partial charge in [-0.3, -0.25) is 0 Å². The molecule has 1 aliphatic heterocycles. The molecule has 0 bridgehead atoms. The summed E-state index contributed by atoms with van der Waals surface area (Å²) in [4.78, 5) is 0.301. The van der Waals surface area contributed by atoms with Gasteiger partial charge in [-0.15, -0.1) is 0 Å². The van der Waals surface area contributed by atoms with E-state index in [0.717, 1.165) is 11.5 Å². The second-order valence-corrected chi connectivity index (χ2v) is 8.82. The highest BCUT2D eigenvalue weighted by molar-refractivity contribution is 9.09. The van der Waals surface area contributed by atoms with E-state index in [9.17, 15) is 0 Å². The first kappa shape index (κ1) is 16.4. The molecule has 2 aliphatic carbocycles. The minimum atomic E-state index is -0.333. The number of hydrogen-bond donors (Lipinski definition) is 0. The first-order valence-corrected chi connectivity index (χ1v) is 10.7. The molecule has 0 saturated heterocycles. The molecule has 1 spiro atoms. The second kappa shape index (κ2) is 5.71. The van der Waals surface area contributed by atoms with Crippen LogP contribution in [0.5, 0.6) is 11.5 Å². The standard InChI is InChI=1S/C26H19BrO/c1-16-14-15-21-24(25(16)27)17-8-2-3-9-18(17)26(21)19-10-4-6-12-22(19)28-23-13-7-5-11-20(23)26/h2-16,25H,1H3. The van der Waals surface area contributed by atoms with Crippen molar-refractivity contribution in [2.24, 2.45) is 5.92 Å². The Morgan fingerprint density at radius 2 is 1.36 bits per heavy atom. The van der Waals surface area contributed by atoms with E-state index >= 15 is 0 Å². The Hall–Kier alpha value is -2.58. The van der Waals surface area contributed by atoms with E-state index in [2.05, 4.69) is 108 Å². The molecule has 0 saturated carbocycles. The summed E-state index contributed by atoms with van der Waals surface area (Å²) in [5, 5.41) is 0. The van der Waals surface area contributed by atoms with Crippen LogP contribution in [0.2, 0.25) is 0 Å². The third-order valence-electron chi connectivity index (χ3n) is 6.42. The lowest BCUT2D eigenvalue weighted by Gasteiger charge is -2.40. The van der Waals surface area contributed by atoms with Gasteiger partial charge in [0.1, 0.15) is 11.5 Å². The molecule has 3 aromatic carbocycles. The Morgan fingerprint density at radius 1 is 0.786 bits per heavy atom. The van der Waals surface area contributed by atoms with Crippen LogP contribution in [-0.4, -0.2) is 4.83 Å². The van der Waals surface area contributed by atoms with E-state index in [0.29, 0.717) is 10.7 Å². The fourth-order valence-corrected chi connectivity index (χ4v) is 5.90. The number of hydrogen-bond acceptors (Lipinski definition) is 1. The van der Waals surface area contributed by atoms with E-state index in [1.807, 2.05) is 0 Å². The molecule has 136 valence electrons. The third kappa shape index (κ3) is 1.87. The average Bonchev–Trinajstić information content (AvgIpc) is 3.03. The van der Waals surface area contributed by atoms with Gasteiger partial charge in [0.2, 0.25) is 0 Å². The van der Waals surface area contributed by atoms with Crippen LogP contribution in [0.25, 0.3) is 5.57 Å². The van der Waals surface area contributed by atoms with E-state index in [1.54, 1.807) is 0 Å². The Morgan fingerprint density at radius 3 is 2.04 bits per heavy atom. The van der Waals surface area contributed by atoms with Crippen molar-refractivity contribution in [2.45, 2.75) is 17.2 Å². The molecule has 28 heavy (non-hydrogen) atoms. The first-order valence-electron chi connectivity index (χ1n) is 9.76. The van der Waals surface area contributed by atoms with Gasteiger partial charge in [-0.05, 0) is 40.3 Å². The van der Waals surface area contributed by atoms with Gasteiger partial charge in [-0.1, -0.05) is 95.7 Å². The van der Waals surface area contributed by atoms with E-state index in [4.69, 9.17) is 4.74 Å². The highest BCUT2D eigenvalue weighted by Gasteiger charge is 2.53. The Kier molecular flexibility index (Phi) is 3.34. The number of alkyl halides is 1. The van der Waals surface area contributed by atoms with Gasteiger partial charge < -0.3 is 4.74 Å². The zero-order valence-corrected chi connectivity index (χ0v) is 17.1. The van der Waals surface area contributed by atoms with Gasteiger partial charge in [0.05, 0.1) is 5.41 Å². The Bertz CT molecular complexity index is 1140. The summed E-state index contributed by atoms with van der Waals surface area (Å²) in [6.45, 7) is 2.28. The van der Waals surface area contributed by atoms with Crippen LogP contribution in [0.3, 0.4) is 0 Å². The van der Waals surface area contributed by atoms with Gasteiger partial charge in [-0.25, -0.2) is 0 Å². The van der Waals surface area contributed by atoms with Crippen molar-refractivity contribution in [1.29, 1.82) is 0 Å². The average molecular weight is 427 g/mol. The van der Waals surface area contributed by atoms with Crippen molar-refractivity contribution >= 4 is 21.5 Å². The topological polar surface area (TPSA) is 9.23 Å². The maximum Gasteiger partial charge on any atom is 0.132 e. The number of para-hydroxylation sites is 2. The maximum atomic E-state index is 6.35. The molecule has 6 rings (SSSR count). The number of fused-ring (bicyclic) bond motifs is 8. The SMILES string of the molecule is CC1C=CC2=C(c3ccccc3C23c2ccccc2Oc2ccccc23)C1Br. The third-order valence-corrected chi connectivity index (χ3v) is 7.71. The summed E-state index contributed by atoms with van der Waals surface area (Å²) in [6.07, 6.45) is 4.70. The Balaban J connectivity index is 1.82. The second-order valence-electron chi connectivity index (χ2n) is 7.84. The van der Waals surface area contributed by atoms with E-state index in [-0.39, 0.29) is 5.41 Å². The molecule has 1 nitrogen and oxygen atoms in total. The van der Waals surface area contributed by atoms with Crippen molar-refractivity contribution in [2.75, 3.05) is 0 Å². The predicted molar refractivity (Wildman–Crippen MR) is 117 cm³/mol. The zero-order chi connectivity index (χ0) is 18.9. The van der Waals surface area contributed by atoms with Crippen LogP contribution in [0.4, 0.5) is 0 Å². The maximum absolute atomic E-state index is 6.35. The van der Waals surface area contributed by atoms with Gasteiger partial charge in [-0.2, -0.15) is 0 Å². The minimum absolute atomic E-state index is 0.301. The largest absolute Gasteiger partial charge is 0.457 e. The van der Waals surface area contributed by atoms with Crippen LogP contribution < -0.4 is 4.74 Å². The Labute approximate surface area is 173 Å². The lowest BCUT2D eigenvalue weighted by molar-refractivity contribution is 0.435. The fourth-order valence-electron chi connectivity index (χ4n) is 5.23. The van der Waals surface area contributed by atoms with Gasteiger partial charge in [0.15, 0.2) is 0 Å². The monoisotopic (exact) mass is 426 g/mol.